The molecule has 0 radical (unpaired) electrons. The normalized spacial score (nSPS) is 38.0. The second kappa shape index (κ2) is 17.2. The first-order chi connectivity index (χ1) is 27.6. The monoisotopic (exact) mass is 928 g/mol. The molecule has 14 heteroatoms. The van der Waals surface area contributed by atoms with Crippen LogP contribution in [-0.4, -0.2) is 77.6 Å². The molecule has 0 amide bonds. The van der Waals surface area contributed by atoms with Crippen molar-refractivity contribution in [3.63, 3.8) is 0 Å². The summed E-state index contributed by atoms with van der Waals surface area (Å²) in [5, 5.41) is 12.8. The lowest BCUT2D eigenvalue weighted by Crippen LogP contribution is -2.59. The van der Waals surface area contributed by atoms with Gasteiger partial charge in [-0.05, 0) is 105 Å². The maximum Gasteiger partial charge on any atom is 0.374 e. The largest absolute Gasteiger partial charge is 0.462 e. The van der Waals surface area contributed by atoms with Crippen LogP contribution < -0.4 is 0 Å². The van der Waals surface area contributed by atoms with Crippen LogP contribution in [0.3, 0.4) is 0 Å². The maximum absolute atomic E-state index is 14.5. The molecule has 312 valence electrons. The summed E-state index contributed by atoms with van der Waals surface area (Å²) < 4.78 is 50.0. The number of hydrogen-bond donors (Lipinski definition) is 1. The Kier molecular flexibility index (Phi) is 12.6. The zero-order valence-corrected chi connectivity index (χ0v) is 36.5. The van der Waals surface area contributed by atoms with Gasteiger partial charge in [0.1, 0.15) is 29.8 Å². The van der Waals surface area contributed by atoms with Gasteiger partial charge in [-0.3, -0.25) is 4.79 Å². The molecule has 0 saturated carbocycles. The Bertz CT molecular complexity index is 2040. The van der Waals surface area contributed by atoms with E-state index in [1.165, 1.54) is 6.07 Å². The SMILES string of the molecule is CC[C@H](C)[C@H]1O[C@]2(C=C[C@@H]1C)C[C@@H]1C[C@@H](C/C=C(\C)[C@@H](OC(=O)c3ccc(Br)o3)[C@@H](C)/C=C/C=C3\CO[C@@H]4[C@H](OC(=O)c5ccc(Br)o5)C(C)=C[C@@H](C(=O)O1)[C@]34O)O2. The first-order valence-corrected chi connectivity index (χ1v) is 21.4. The molecule has 1 spiro atoms. The lowest BCUT2D eigenvalue weighted by atomic mass is 9.70. The number of hydrogen-bond acceptors (Lipinski definition) is 12. The number of rotatable bonds is 6. The van der Waals surface area contributed by atoms with Crippen LogP contribution >= 0.6 is 31.9 Å². The van der Waals surface area contributed by atoms with Gasteiger partial charge in [0, 0.05) is 24.7 Å². The third-order valence-electron chi connectivity index (χ3n) is 12.0. The number of halogens is 2. The lowest BCUT2D eigenvalue weighted by molar-refractivity contribution is -0.300. The molecule has 4 aliphatic heterocycles. The van der Waals surface area contributed by atoms with E-state index in [-0.39, 0.29) is 48.4 Å². The molecule has 6 heterocycles. The number of carbonyl (C=O) groups excluding carboxylic acids is 3. The van der Waals surface area contributed by atoms with Gasteiger partial charge in [0.15, 0.2) is 21.2 Å². The van der Waals surface area contributed by atoms with E-state index < -0.39 is 65.7 Å². The van der Waals surface area contributed by atoms with Crippen molar-refractivity contribution in [2.45, 2.75) is 115 Å². The molecule has 12 nitrogen and oxygen atoms in total. The molecule has 2 bridgehead atoms. The molecule has 2 fully saturated rings. The predicted octanol–water partition coefficient (Wildman–Crippen LogP) is 8.75. The smallest absolute Gasteiger partial charge is 0.374 e. The Balaban J connectivity index is 1.28. The second-order valence-electron chi connectivity index (χ2n) is 16.2. The molecule has 2 aromatic rings. The van der Waals surface area contributed by atoms with Crippen molar-refractivity contribution < 1.29 is 56.7 Å². The highest BCUT2D eigenvalue weighted by Crippen LogP contribution is 2.48. The summed E-state index contributed by atoms with van der Waals surface area (Å²) in [4.78, 5) is 41.1. The van der Waals surface area contributed by atoms with Crippen LogP contribution in [-0.2, 0) is 33.2 Å². The van der Waals surface area contributed by atoms with Crippen molar-refractivity contribution in [2.75, 3.05) is 6.61 Å². The highest BCUT2D eigenvalue weighted by molar-refractivity contribution is 9.10. The molecule has 0 unspecified atom stereocenters. The minimum Gasteiger partial charge on any atom is -0.462 e. The van der Waals surface area contributed by atoms with E-state index in [4.69, 9.17) is 37.3 Å². The van der Waals surface area contributed by atoms with E-state index in [9.17, 15) is 19.5 Å². The fraction of sp³-hybridized carbons (Fsp3) is 0.523. The van der Waals surface area contributed by atoms with Crippen LogP contribution in [0, 0.1) is 23.7 Å². The highest BCUT2D eigenvalue weighted by atomic mass is 79.9. The summed E-state index contributed by atoms with van der Waals surface area (Å²) in [6.45, 7) is 11.9. The van der Waals surface area contributed by atoms with E-state index in [1.807, 2.05) is 32.1 Å². The second-order valence-corrected chi connectivity index (χ2v) is 17.7. The average molecular weight is 931 g/mol. The van der Waals surface area contributed by atoms with Gasteiger partial charge in [0.2, 0.25) is 11.5 Å². The number of aliphatic hydroxyl groups is 1. The summed E-state index contributed by atoms with van der Waals surface area (Å²) in [6.07, 6.45) is 10.7. The first-order valence-electron chi connectivity index (χ1n) is 19.9. The zero-order chi connectivity index (χ0) is 41.5. The molecular formula is C44H50Br2O12. The Morgan fingerprint density at radius 2 is 1.60 bits per heavy atom. The van der Waals surface area contributed by atoms with Crippen molar-refractivity contribution in [1.29, 1.82) is 0 Å². The highest BCUT2D eigenvalue weighted by Gasteiger charge is 2.61. The van der Waals surface area contributed by atoms with Gasteiger partial charge in [-0.25, -0.2) is 9.59 Å². The fourth-order valence-electron chi connectivity index (χ4n) is 8.68. The standard InChI is InChI=1S/C44H50Br2O12/c1-7-23(2)37-26(5)17-18-43(58-37)21-30-20-29(57-43)12-11-25(4)36(55-41(48)32-13-15-34(45)53-32)24(3)9-8-10-28-22-51-39-38(56-42(49)33-14-16-35(46)54-33)27(6)19-31(40(47)52-30)44(28,39)50/h8-11,13-19,23-24,26,29-31,36-39,50H,7,12,20-22H2,1-6H3/b9-8+,25-11+,28-10+/t23-,24-,26-,29+,30-,31-,36-,37+,38+,39+,43+,44+/m0/s1. The van der Waals surface area contributed by atoms with Crippen molar-refractivity contribution in [3.05, 3.63) is 104 Å². The zero-order valence-electron chi connectivity index (χ0n) is 33.4. The summed E-state index contributed by atoms with van der Waals surface area (Å²) in [5.74, 6) is -4.39. The van der Waals surface area contributed by atoms with Gasteiger partial charge >= 0.3 is 17.9 Å². The predicted molar refractivity (Wildman–Crippen MR) is 217 cm³/mol. The molecule has 58 heavy (non-hydrogen) atoms. The summed E-state index contributed by atoms with van der Waals surface area (Å²) in [7, 11) is 0. The van der Waals surface area contributed by atoms with E-state index in [2.05, 4.69) is 58.7 Å². The lowest BCUT2D eigenvalue weighted by Gasteiger charge is -2.48. The molecule has 1 aliphatic carbocycles. The Hall–Kier alpha value is -3.53. The number of fused-ring (bicyclic) bond motifs is 2. The molecule has 2 saturated heterocycles. The number of carbonyl (C=O) groups is 3. The number of furan rings is 2. The van der Waals surface area contributed by atoms with Gasteiger partial charge in [-0.15, -0.1) is 0 Å². The minimum absolute atomic E-state index is 0.0388. The van der Waals surface area contributed by atoms with Crippen LogP contribution in [0.5, 0.6) is 0 Å². The Labute approximate surface area is 354 Å². The van der Waals surface area contributed by atoms with Crippen LogP contribution in [0.15, 0.2) is 102 Å². The van der Waals surface area contributed by atoms with Crippen LogP contribution in [0.25, 0.3) is 0 Å². The summed E-state index contributed by atoms with van der Waals surface area (Å²) in [5.41, 5.74) is -0.297. The topological polar surface area (TPSA) is 153 Å². The van der Waals surface area contributed by atoms with Crippen LogP contribution in [0.4, 0.5) is 0 Å². The van der Waals surface area contributed by atoms with Gasteiger partial charge in [-0.1, -0.05) is 70.6 Å². The van der Waals surface area contributed by atoms with Crippen molar-refractivity contribution in [1.82, 2.24) is 0 Å². The van der Waals surface area contributed by atoms with E-state index in [1.54, 1.807) is 43.4 Å². The molecular weight excluding hydrogens is 880 g/mol. The van der Waals surface area contributed by atoms with E-state index >= 15 is 0 Å². The van der Waals surface area contributed by atoms with Crippen molar-refractivity contribution >= 4 is 49.8 Å². The third-order valence-corrected chi connectivity index (χ3v) is 12.9. The van der Waals surface area contributed by atoms with Gasteiger partial charge in [-0.2, -0.15) is 0 Å². The van der Waals surface area contributed by atoms with Gasteiger partial charge in [0.05, 0.1) is 18.8 Å². The van der Waals surface area contributed by atoms with E-state index in [0.717, 1.165) is 12.0 Å². The number of esters is 3. The van der Waals surface area contributed by atoms with Gasteiger partial charge < -0.3 is 42.4 Å². The minimum atomic E-state index is -1.97. The molecule has 12 atom stereocenters. The average Bonchev–Trinajstić information content (AvgIpc) is 3.92. The molecule has 0 aromatic carbocycles. The number of allylic oxidation sites excluding steroid dienone is 2. The van der Waals surface area contributed by atoms with Crippen molar-refractivity contribution in [3.8, 4) is 0 Å². The summed E-state index contributed by atoms with van der Waals surface area (Å²) >= 11 is 6.47. The van der Waals surface area contributed by atoms with Gasteiger partial charge in [0.25, 0.3) is 0 Å². The third kappa shape index (κ3) is 8.55. The molecule has 5 aliphatic rings. The maximum atomic E-state index is 14.5. The fourth-order valence-corrected chi connectivity index (χ4v) is 9.29. The Morgan fingerprint density at radius 1 is 0.931 bits per heavy atom. The molecule has 2 aromatic heterocycles. The Morgan fingerprint density at radius 3 is 2.24 bits per heavy atom. The quantitative estimate of drug-likeness (QED) is 0.168. The van der Waals surface area contributed by atoms with Crippen LogP contribution in [0.2, 0.25) is 0 Å². The first kappa shape index (κ1) is 42.6. The summed E-state index contributed by atoms with van der Waals surface area (Å²) in [6, 6.07) is 6.22. The molecule has 1 N–H and O–H groups in total. The van der Waals surface area contributed by atoms with Crippen molar-refractivity contribution in [2.24, 2.45) is 23.7 Å². The van der Waals surface area contributed by atoms with Crippen LogP contribution in [0.1, 0.15) is 88.3 Å². The van der Waals surface area contributed by atoms with E-state index in [0.29, 0.717) is 33.3 Å². The molecule has 7 rings (SSSR count). The number of ether oxygens (including phenoxy) is 6.